The number of anilines is 1. The molecule has 3 nitrogen and oxygen atoms in total. The first-order chi connectivity index (χ1) is 5.27. The molecule has 0 aliphatic heterocycles. The lowest BCUT2D eigenvalue weighted by molar-refractivity contribution is 1.14. The average molecular weight is 259 g/mol. The lowest BCUT2D eigenvalue weighted by Crippen LogP contribution is -1.86. The lowest BCUT2D eigenvalue weighted by atomic mass is 10.4. The highest BCUT2D eigenvalue weighted by atomic mass is 127. The maximum absolute atomic E-state index is 5.59. The summed E-state index contributed by atoms with van der Waals surface area (Å²) in [7, 11) is 0. The van der Waals surface area contributed by atoms with Crippen molar-refractivity contribution in [3.63, 3.8) is 0 Å². The van der Waals surface area contributed by atoms with Gasteiger partial charge in [0.1, 0.15) is 12.1 Å². The zero-order valence-corrected chi connectivity index (χ0v) is 7.82. The minimum atomic E-state index is 0.585. The first-order valence-electron chi connectivity index (χ1n) is 3.15. The molecular formula is C7H6IN3. The monoisotopic (exact) mass is 259 g/mol. The molecule has 4 heteroatoms. The molecule has 2 aromatic rings. The van der Waals surface area contributed by atoms with Crippen LogP contribution in [0.25, 0.3) is 5.52 Å². The normalized spacial score (nSPS) is 10.6. The molecule has 2 heterocycles. The Bertz CT molecular complexity index is 393. The van der Waals surface area contributed by atoms with Crippen molar-refractivity contribution in [3.8, 4) is 0 Å². The maximum atomic E-state index is 5.59. The molecule has 0 bridgehead atoms. The highest BCUT2D eigenvalue weighted by Gasteiger charge is 1.98. The van der Waals surface area contributed by atoms with Gasteiger partial charge in [-0.15, -0.1) is 0 Å². The van der Waals surface area contributed by atoms with Crippen LogP contribution in [-0.4, -0.2) is 9.38 Å². The van der Waals surface area contributed by atoms with E-state index in [1.54, 1.807) is 6.33 Å². The van der Waals surface area contributed by atoms with E-state index in [4.69, 9.17) is 5.73 Å². The van der Waals surface area contributed by atoms with E-state index in [0.29, 0.717) is 5.82 Å². The number of rotatable bonds is 0. The van der Waals surface area contributed by atoms with Crippen LogP contribution in [0, 0.1) is 3.57 Å². The molecule has 0 spiro atoms. The van der Waals surface area contributed by atoms with Gasteiger partial charge < -0.3 is 10.1 Å². The molecule has 2 N–H and O–H groups in total. The Balaban J connectivity index is 2.86. The third kappa shape index (κ3) is 1.07. The molecule has 0 saturated heterocycles. The van der Waals surface area contributed by atoms with Gasteiger partial charge in [0.25, 0.3) is 0 Å². The predicted octanol–water partition coefficient (Wildman–Crippen LogP) is 1.52. The van der Waals surface area contributed by atoms with Gasteiger partial charge in [-0.25, -0.2) is 4.98 Å². The number of nitrogens with two attached hydrogens (primary N) is 1. The fraction of sp³-hybridized carbons (Fsp3) is 0. The summed E-state index contributed by atoms with van der Waals surface area (Å²) < 4.78 is 3.09. The van der Waals surface area contributed by atoms with E-state index in [2.05, 4.69) is 27.6 Å². The summed E-state index contributed by atoms with van der Waals surface area (Å²) in [6.45, 7) is 0. The lowest BCUT2D eigenvalue weighted by Gasteiger charge is -1.93. The van der Waals surface area contributed by atoms with Crippen molar-refractivity contribution >= 4 is 33.9 Å². The maximum Gasteiger partial charge on any atom is 0.149 e. The third-order valence-corrected chi connectivity index (χ3v) is 2.16. The fourth-order valence-electron chi connectivity index (χ4n) is 0.994. The van der Waals surface area contributed by atoms with E-state index in [1.165, 1.54) is 3.57 Å². The standard InChI is InChI=1S/C7H6IN3/c8-5-1-2-6-7(9)10-4-11(6)3-5/h1-4H,9H2. The summed E-state index contributed by atoms with van der Waals surface area (Å²) in [4.78, 5) is 3.97. The van der Waals surface area contributed by atoms with Crippen LogP contribution in [0.3, 0.4) is 0 Å². The Morgan fingerprint density at radius 3 is 3.09 bits per heavy atom. The van der Waals surface area contributed by atoms with Crippen LogP contribution in [0.4, 0.5) is 5.82 Å². The predicted molar refractivity (Wildman–Crippen MR) is 52.3 cm³/mol. The number of nitrogens with zero attached hydrogens (tertiary/aromatic N) is 2. The molecule has 0 aliphatic rings. The van der Waals surface area contributed by atoms with Gasteiger partial charge in [-0.1, -0.05) is 0 Å². The van der Waals surface area contributed by atoms with Gasteiger partial charge in [0.15, 0.2) is 0 Å². The fourth-order valence-corrected chi connectivity index (χ4v) is 1.47. The zero-order valence-electron chi connectivity index (χ0n) is 5.66. The zero-order chi connectivity index (χ0) is 7.84. The largest absolute Gasteiger partial charge is 0.382 e. The second-order valence-corrected chi connectivity index (χ2v) is 3.52. The summed E-state index contributed by atoms with van der Waals surface area (Å²) in [5, 5.41) is 0. The molecule has 0 saturated carbocycles. The first-order valence-corrected chi connectivity index (χ1v) is 4.23. The Hall–Kier alpha value is -0.780. The van der Waals surface area contributed by atoms with E-state index >= 15 is 0 Å². The molecule has 0 fully saturated rings. The third-order valence-electron chi connectivity index (χ3n) is 1.52. The van der Waals surface area contributed by atoms with Crippen molar-refractivity contribution in [3.05, 3.63) is 28.2 Å². The summed E-state index contributed by atoms with van der Waals surface area (Å²) in [6.07, 6.45) is 3.70. The number of pyridine rings is 1. The molecule has 56 valence electrons. The molecule has 0 aliphatic carbocycles. The minimum Gasteiger partial charge on any atom is -0.382 e. The van der Waals surface area contributed by atoms with Gasteiger partial charge in [0.05, 0.1) is 5.52 Å². The van der Waals surface area contributed by atoms with E-state index in [0.717, 1.165) is 5.52 Å². The van der Waals surface area contributed by atoms with E-state index in [9.17, 15) is 0 Å². The quantitative estimate of drug-likeness (QED) is 0.729. The average Bonchev–Trinajstić information content (AvgIpc) is 2.32. The van der Waals surface area contributed by atoms with E-state index in [-0.39, 0.29) is 0 Å². The van der Waals surface area contributed by atoms with Crippen molar-refractivity contribution in [2.45, 2.75) is 0 Å². The highest BCUT2D eigenvalue weighted by Crippen LogP contribution is 2.13. The van der Waals surface area contributed by atoms with Crippen LogP contribution >= 0.6 is 22.6 Å². The number of hydrogen-bond acceptors (Lipinski definition) is 2. The van der Waals surface area contributed by atoms with Gasteiger partial charge in [0.2, 0.25) is 0 Å². The van der Waals surface area contributed by atoms with Crippen LogP contribution in [0.15, 0.2) is 24.7 Å². The van der Waals surface area contributed by atoms with Crippen LogP contribution in [-0.2, 0) is 0 Å². The molecule has 0 atom stereocenters. The van der Waals surface area contributed by atoms with Gasteiger partial charge in [0, 0.05) is 9.77 Å². The molecule has 0 aromatic carbocycles. The molecule has 0 unspecified atom stereocenters. The van der Waals surface area contributed by atoms with E-state index < -0.39 is 0 Å². The number of fused-ring (bicyclic) bond motifs is 1. The Morgan fingerprint density at radius 2 is 2.27 bits per heavy atom. The summed E-state index contributed by atoms with van der Waals surface area (Å²) in [5.41, 5.74) is 6.56. The number of hydrogen-bond donors (Lipinski definition) is 1. The minimum absolute atomic E-state index is 0.585. The SMILES string of the molecule is Nc1ncn2cc(I)ccc12. The van der Waals surface area contributed by atoms with Crippen LogP contribution in [0.5, 0.6) is 0 Å². The van der Waals surface area contributed by atoms with Crippen molar-refractivity contribution in [2.24, 2.45) is 0 Å². The molecule has 2 rings (SSSR count). The first kappa shape index (κ1) is 6.90. The molecule has 0 radical (unpaired) electrons. The number of halogens is 1. The van der Waals surface area contributed by atoms with Crippen molar-refractivity contribution < 1.29 is 0 Å². The van der Waals surface area contributed by atoms with Crippen LogP contribution in [0.2, 0.25) is 0 Å². The van der Waals surface area contributed by atoms with Gasteiger partial charge in [-0.3, -0.25) is 0 Å². The molecule has 2 aromatic heterocycles. The van der Waals surface area contributed by atoms with E-state index in [1.807, 2.05) is 22.7 Å². The molecule has 0 amide bonds. The number of aromatic nitrogens is 2. The van der Waals surface area contributed by atoms with Gasteiger partial charge >= 0.3 is 0 Å². The summed E-state index contributed by atoms with van der Waals surface area (Å²) in [5.74, 6) is 0.585. The van der Waals surface area contributed by atoms with Crippen LogP contribution < -0.4 is 5.73 Å². The van der Waals surface area contributed by atoms with Gasteiger partial charge in [-0.2, -0.15) is 0 Å². The summed E-state index contributed by atoms with van der Waals surface area (Å²) in [6, 6.07) is 3.97. The molecule has 11 heavy (non-hydrogen) atoms. The number of nitrogen functional groups attached to an aromatic ring is 1. The Morgan fingerprint density at radius 1 is 1.45 bits per heavy atom. The number of imidazole rings is 1. The Labute approximate surface area is 77.4 Å². The highest BCUT2D eigenvalue weighted by molar-refractivity contribution is 14.1. The van der Waals surface area contributed by atoms with Crippen molar-refractivity contribution in [1.82, 2.24) is 9.38 Å². The topological polar surface area (TPSA) is 43.3 Å². The molecular weight excluding hydrogens is 253 g/mol. The Kier molecular flexibility index (Phi) is 1.49. The van der Waals surface area contributed by atoms with Gasteiger partial charge in [-0.05, 0) is 34.7 Å². The second-order valence-electron chi connectivity index (χ2n) is 2.27. The summed E-state index contributed by atoms with van der Waals surface area (Å²) >= 11 is 2.25. The van der Waals surface area contributed by atoms with Crippen molar-refractivity contribution in [2.75, 3.05) is 5.73 Å². The second kappa shape index (κ2) is 2.37. The smallest absolute Gasteiger partial charge is 0.149 e. The van der Waals surface area contributed by atoms with Crippen LogP contribution in [0.1, 0.15) is 0 Å². The van der Waals surface area contributed by atoms with Crippen molar-refractivity contribution in [1.29, 1.82) is 0 Å².